The van der Waals surface area contributed by atoms with E-state index in [2.05, 4.69) is 15.6 Å². The maximum Gasteiger partial charge on any atom is 0.252 e. The van der Waals surface area contributed by atoms with Crippen molar-refractivity contribution in [3.63, 3.8) is 0 Å². The lowest BCUT2D eigenvalue weighted by atomic mass is 10.1. The van der Waals surface area contributed by atoms with E-state index in [9.17, 15) is 8.42 Å². The number of rotatable bonds is 8. The molecule has 7 nitrogen and oxygen atoms in total. The lowest BCUT2D eigenvalue weighted by molar-refractivity contribution is 0.408. The Morgan fingerprint density at radius 2 is 2.04 bits per heavy atom. The van der Waals surface area contributed by atoms with Gasteiger partial charge in [-0.05, 0) is 30.0 Å². The number of halogens is 1. The third-order valence-corrected chi connectivity index (χ3v) is 7.22. The highest BCUT2D eigenvalue weighted by Gasteiger charge is 2.21. The van der Waals surface area contributed by atoms with E-state index in [0.717, 1.165) is 16.9 Å². The van der Waals surface area contributed by atoms with Gasteiger partial charge < -0.3 is 15.4 Å². The molecule has 0 aliphatic rings. The number of hydrogen-bond acceptors (Lipinski definition) is 5. The minimum atomic E-state index is -3.43. The number of guanidine groups is 1. The van der Waals surface area contributed by atoms with Crippen LogP contribution in [0.15, 0.2) is 44.9 Å². The number of likely N-dealkylation sites (N-methyl/N-ethyl adjacent to an activating group) is 1. The molecule has 2 rings (SSSR count). The van der Waals surface area contributed by atoms with E-state index in [-0.39, 0.29) is 24.0 Å². The molecule has 1 aromatic carbocycles. The van der Waals surface area contributed by atoms with Crippen molar-refractivity contribution in [2.24, 2.45) is 4.99 Å². The second-order valence-electron chi connectivity index (χ2n) is 5.93. The SMILES string of the molecule is CN=C(NCCN(C)S(=O)(=O)c1cccs1)NCc1ccc(C)cc1OC.I. The molecule has 1 heterocycles. The van der Waals surface area contributed by atoms with Crippen LogP contribution in [0.1, 0.15) is 11.1 Å². The standard InChI is InChI=1S/C18H26N4O3S2.HI/c1-14-7-8-15(16(12-14)25-4)13-21-18(19-2)20-9-10-22(3)27(23,24)17-6-5-11-26-17;/h5-8,11-12H,9-10,13H2,1-4H3,(H2,19,20,21);1H. The minimum Gasteiger partial charge on any atom is -0.496 e. The van der Waals surface area contributed by atoms with Crippen LogP contribution in [0, 0.1) is 6.92 Å². The van der Waals surface area contributed by atoms with Crippen LogP contribution in [0.4, 0.5) is 0 Å². The summed E-state index contributed by atoms with van der Waals surface area (Å²) in [7, 11) is 1.46. The van der Waals surface area contributed by atoms with Crippen molar-refractivity contribution in [1.29, 1.82) is 0 Å². The van der Waals surface area contributed by atoms with Crippen molar-refractivity contribution in [3.8, 4) is 5.75 Å². The first kappa shape index (κ1) is 24.7. The predicted octanol–water partition coefficient (Wildman–Crippen LogP) is 2.67. The van der Waals surface area contributed by atoms with E-state index in [1.54, 1.807) is 38.7 Å². The largest absolute Gasteiger partial charge is 0.496 e. The molecule has 1 aromatic heterocycles. The Hall–Kier alpha value is -1.37. The van der Waals surface area contributed by atoms with Gasteiger partial charge in [-0.15, -0.1) is 35.3 Å². The van der Waals surface area contributed by atoms with Crippen LogP contribution in [0.5, 0.6) is 5.75 Å². The fourth-order valence-electron chi connectivity index (χ4n) is 2.41. The number of nitrogens with zero attached hydrogens (tertiary/aromatic N) is 2. The average molecular weight is 538 g/mol. The van der Waals surface area contributed by atoms with Crippen LogP contribution in [0.3, 0.4) is 0 Å². The normalized spacial score (nSPS) is 11.8. The van der Waals surface area contributed by atoms with Crippen molar-refractivity contribution in [1.82, 2.24) is 14.9 Å². The highest BCUT2D eigenvalue weighted by atomic mass is 127. The molecule has 0 amide bonds. The Kier molecular flexibility index (Phi) is 10.2. The minimum absolute atomic E-state index is 0. The van der Waals surface area contributed by atoms with E-state index in [1.807, 2.05) is 25.1 Å². The van der Waals surface area contributed by atoms with E-state index < -0.39 is 10.0 Å². The Balaban J connectivity index is 0.00000392. The predicted molar refractivity (Wildman–Crippen MR) is 125 cm³/mol. The van der Waals surface area contributed by atoms with Gasteiger partial charge in [0.2, 0.25) is 0 Å². The van der Waals surface area contributed by atoms with Gasteiger partial charge in [-0.2, -0.15) is 4.31 Å². The highest BCUT2D eigenvalue weighted by molar-refractivity contribution is 14.0. The van der Waals surface area contributed by atoms with E-state index in [0.29, 0.717) is 29.8 Å². The summed E-state index contributed by atoms with van der Waals surface area (Å²) < 4.78 is 31.9. The molecular formula is C18H27IN4O3S2. The summed E-state index contributed by atoms with van der Waals surface area (Å²) >= 11 is 1.21. The van der Waals surface area contributed by atoms with Gasteiger partial charge in [0.25, 0.3) is 10.0 Å². The van der Waals surface area contributed by atoms with Crippen LogP contribution in [0.25, 0.3) is 0 Å². The second-order valence-corrected chi connectivity index (χ2v) is 9.15. The van der Waals surface area contributed by atoms with Crippen LogP contribution >= 0.6 is 35.3 Å². The number of hydrogen-bond donors (Lipinski definition) is 2. The summed E-state index contributed by atoms with van der Waals surface area (Å²) in [5, 5.41) is 8.10. The van der Waals surface area contributed by atoms with Gasteiger partial charge in [-0.25, -0.2) is 8.42 Å². The number of benzene rings is 1. The zero-order valence-electron chi connectivity index (χ0n) is 16.4. The Morgan fingerprint density at radius 1 is 1.29 bits per heavy atom. The van der Waals surface area contributed by atoms with Crippen molar-refractivity contribution in [2.45, 2.75) is 17.7 Å². The maximum absolute atomic E-state index is 12.4. The fraction of sp³-hybridized carbons (Fsp3) is 0.389. The number of aryl methyl sites for hydroxylation is 1. The molecular weight excluding hydrogens is 511 g/mol. The second kappa shape index (κ2) is 11.6. The van der Waals surface area contributed by atoms with Crippen LogP contribution in [0.2, 0.25) is 0 Å². The third-order valence-electron chi connectivity index (χ3n) is 3.99. The topological polar surface area (TPSA) is 83.0 Å². The average Bonchev–Trinajstić information content (AvgIpc) is 3.20. The molecule has 2 aromatic rings. The number of nitrogens with one attached hydrogen (secondary N) is 2. The molecule has 156 valence electrons. The monoisotopic (exact) mass is 538 g/mol. The van der Waals surface area contributed by atoms with Crippen LogP contribution in [-0.2, 0) is 16.6 Å². The highest BCUT2D eigenvalue weighted by Crippen LogP contribution is 2.20. The third kappa shape index (κ3) is 6.61. The summed E-state index contributed by atoms with van der Waals surface area (Å²) in [6, 6.07) is 9.36. The Bertz CT molecular complexity index is 871. The molecule has 0 radical (unpaired) electrons. The first-order chi connectivity index (χ1) is 12.9. The molecule has 0 aliphatic heterocycles. The van der Waals surface area contributed by atoms with Crippen molar-refractivity contribution >= 4 is 51.3 Å². The molecule has 0 spiro atoms. The summed E-state index contributed by atoms with van der Waals surface area (Å²) in [6.07, 6.45) is 0. The molecule has 0 atom stereocenters. The summed E-state index contributed by atoms with van der Waals surface area (Å²) in [5.74, 6) is 1.42. The quantitative estimate of drug-likeness (QED) is 0.307. The van der Waals surface area contributed by atoms with Gasteiger partial charge in [0.1, 0.15) is 9.96 Å². The van der Waals surface area contributed by atoms with Crippen molar-refractivity contribution in [2.75, 3.05) is 34.3 Å². The fourth-order valence-corrected chi connectivity index (χ4v) is 4.79. The zero-order chi connectivity index (χ0) is 19.9. The first-order valence-electron chi connectivity index (χ1n) is 8.46. The molecule has 0 bridgehead atoms. The van der Waals surface area contributed by atoms with Gasteiger partial charge >= 0.3 is 0 Å². The smallest absolute Gasteiger partial charge is 0.252 e. The van der Waals surface area contributed by atoms with Crippen LogP contribution < -0.4 is 15.4 Å². The van der Waals surface area contributed by atoms with E-state index >= 15 is 0 Å². The van der Waals surface area contributed by atoms with Gasteiger partial charge in [0.15, 0.2) is 5.96 Å². The van der Waals surface area contributed by atoms with Crippen molar-refractivity contribution < 1.29 is 13.2 Å². The Labute approximate surface area is 188 Å². The molecule has 0 fully saturated rings. The summed E-state index contributed by atoms with van der Waals surface area (Å²) in [5.41, 5.74) is 2.15. The van der Waals surface area contributed by atoms with Gasteiger partial charge in [-0.3, -0.25) is 4.99 Å². The molecule has 2 N–H and O–H groups in total. The van der Waals surface area contributed by atoms with E-state index in [1.165, 1.54) is 15.6 Å². The molecule has 0 saturated carbocycles. The molecule has 0 saturated heterocycles. The molecule has 10 heteroatoms. The van der Waals surface area contributed by atoms with E-state index in [4.69, 9.17) is 4.74 Å². The zero-order valence-corrected chi connectivity index (χ0v) is 20.4. The number of methoxy groups -OCH3 is 1. The maximum atomic E-state index is 12.4. The summed E-state index contributed by atoms with van der Waals surface area (Å²) in [4.78, 5) is 4.17. The lowest BCUT2D eigenvalue weighted by Gasteiger charge is -2.18. The van der Waals surface area contributed by atoms with Crippen molar-refractivity contribution in [3.05, 3.63) is 46.8 Å². The number of ether oxygens (including phenoxy) is 1. The summed E-state index contributed by atoms with van der Waals surface area (Å²) in [6.45, 7) is 3.33. The van der Waals surface area contributed by atoms with Gasteiger partial charge in [0, 0.05) is 39.3 Å². The Morgan fingerprint density at radius 3 is 2.64 bits per heavy atom. The lowest BCUT2D eigenvalue weighted by Crippen LogP contribution is -2.41. The molecule has 0 aliphatic carbocycles. The number of aliphatic imine (C=N–C) groups is 1. The molecule has 28 heavy (non-hydrogen) atoms. The van der Waals surface area contributed by atoms with Crippen LogP contribution in [-0.4, -0.2) is 53.0 Å². The van der Waals surface area contributed by atoms with Gasteiger partial charge in [-0.1, -0.05) is 18.2 Å². The number of sulfonamides is 1. The van der Waals surface area contributed by atoms with Gasteiger partial charge in [0.05, 0.1) is 7.11 Å². The molecule has 0 unspecified atom stereocenters. The first-order valence-corrected chi connectivity index (χ1v) is 10.8. The number of thiophene rings is 1.